The third kappa shape index (κ3) is 1.66. The molecule has 0 N–H and O–H groups in total. The Morgan fingerprint density at radius 3 is 2.29 bits per heavy atom. The third-order valence-corrected chi connectivity index (χ3v) is 5.44. The summed E-state index contributed by atoms with van der Waals surface area (Å²) in [4.78, 5) is 13.6. The van der Waals surface area contributed by atoms with E-state index in [4.69, 9.17) is 4.74 Å². The highest BCUT2D eigenvalue weighted by Gasteiger charge is 2.54. The zero-order valence-corrected chi connectivity index (χ0v) is 11.1. The summed E-state index contributed by atoms with van der Waals surface area (Å²) < 4.78 is 4.88. The van der Waals surface area contributed by atoms with Gasteiger partial charge in [-0.3, -0.25) is 0 Å². The van der Waals surface area contributed by atoms with E-state index in [2.05, 4.69) is 6.92 Å². The summed E-state index contributed by atoms with van der Waals surface area (Å²) in [6.07, 6.45) is 6.55. The molecule has 0 aromatic rings. The van der Waals surface area contributed by atoms with Crippen LogP contribution in [0, 0.1) is 23.2 Å². The van der Waals surface area contributed by atoms with Crippen molar-refractivity contribution >= 4 is 6.09 Å². The number of carbonyl (C=O) groups is 1. The second-order valence-electron chi connectivity index (χ2n) is 6.85. The van der Waals surface area contributed by atoms with Gasteiger partial charge < -0.3 is 9.64 Å². The van der Waals surface area contributed by atoms with Gasteiger partial charge in [0.1, 0.15) is 0 Å². The van der Waals surface area contributed by atoms with Crippen LogP contribution in [0.15, 0.2) is 0 Å². The molecule has 0 spiro atoms. The van der Waals surface area contributed by atoms with Gasteiger partial charge >= 0.3 is 6.09 Å². The smallest absolute Gasteiger partial charge is 0.409 e. The fraction of sp³-hybridized carbons (Fsp3) is 0.929. The van der Waals surface area contributed by atoms with Crippen LogP contribution >= 0.6 is 0 Å². The highest BCUT2D eigenvalue weighted by atomic mass is 16.5. The highest BCUT2D eigenvalue weighted by molar-refractivity contribution is 5.67. The van der Waals surface area contributed by atoms with E-state index in [-0.39, 0.29) is 6.09 Å². The first kappa shape index (κ1) is 11.4. The maximum absolute atomic E-state index is 11.7. The van der Waals surface area contributed by atoms with Crippen LogP contribution in [-0.4, -0.2) is 31.2 Å². The molecule has 0 saturated heterocycles. The van der Waals surface area contributed by atoms with Crippen molar-refractivity contribution in [3.05, 3.63) is 0 Å². The van der Waals surface area contributed by atoms with Crippen LogP contribution in [0.2, 0.25) is 0 Å². The van der Waals surface area contributed by atoms with Crippen LogP contribution in [0.1, 0.15) is 39.0 Å². The van der Waals surface area contributed by atoms with Crippen molar-refractivity contribution in [3.8, 4) is 0 Å². The highest BCUT2D eigenvalue weighted by Crippen LogP contribution is 2.60. The standard InChI is InChI=1S/C14H23NO2/c1-14-6-9-4-10(7-14)12(11(5-9)8-14)15(2)13(16)17-3/h9-12H,4-8H2,1-3H3. The molecular weight excluding hydrogens is 214 g/mol. The molecular formula is C14H23NO2. The van der Waals surface area contributed by atoms with E-state index >= 15 is 0 Å². The minimum Gasteiger partial charge on any atom is -0.453 e. The zero-order chi connectivity index (χ0) is 12.2. The van der Waals surface area contributed by atoms with Gasteiger partial charge in [0.25, 0.3) is 0 Å². The van der Waals surface area contributed by atoms with Crippen molar-refractivity contribution < 1.29 is 9.53 Å². The number of nitrogens with zero attached hydrogens (tertiary/aromatic N) is 1. The van der Waals surface area contributed by atoms with E-state index in [0.29, 0.717) is 11.5 Å². The van der Waals surface area contributed by atoms with Crippen LogP contribution < -0.4 is 0 Å². The topological polar surface area (TPSA) is 29.5 Å². The van der Waals surface area contributed by atoms with Gasteiger partial charge in [0, 0.05) is 13.1 Å². The number of methoxy groups -OCH3 is 1. The Morgan fingerprint density at radius 2 is 1.82 bits per heavy atom. The Balaban J connectivity index is 1.82. The number of carbonyl (C=O) groups excluding carboxylic acids is 1. The van der Waals surface area contributed by atoms with Crippen molar-refractivity contribution in [2.75, 3.05) is 14.2 Å². The summed E-state index contributed by atoms with van der Waals surface area (Å²) in [5.74, 6) is 2.37. The molecule has 0 heterocycles. The predicted octanol–water partition coefficient (Wildman–Crippen LogP) is 2.90. The molecule has 0 aliphatic heterocycles. The molecule has 96 valence electrons. The summed E-state index contributed by atoms with van der Waals surface area (Å²) in [7, 11) is 3.40. The predicted molar refractivity (Wildman–Crippen MR) is 65.6 cm³/mol. The molecule has 2 unspecified atom stereocenters. The number of hydrogen-bond acceptors (Lipinski definition) is 2. The van der Waals surface area contributed by atoms with E-state index in [9.17, 15) is 4.79 Å². The van der Waals surface area contributed by atoms with Crippen LogP contribution in [0.4, 0.5) is 4.79 Å². The lowest BCUT2D eigenvalue weighted by Gasteiger charge is -2.60. The maximum Gasteiger partial charge on any atom is 0.409 e. The molecule has 0 radical (unpaired) electrons. The van der Waals surface area contributed by atoms with Crippen molar-refractivity contribution in [1.29, 1.82) is 0 Å². The normalized spacial score (nSPS) is 47.0. The van der Waals surface area contributed by atoms with E-state index in [1.54, 1.807) is 0 Å². The molecule has 17 heavy (non-hydrogen) atoms. The van der Waals surface area contributed by atoms with Crippen molar-refractivity contribution in [1.82, 2.24) is 4.90 Å². The molecule has 4 bridgehead atoms. The monoisotopic (exact) mass is 237 g/mol. The maximum atomic E-state index is 11.7. The van der Waals surface area contributed by atoms with Gasteiger partial charge in [-0.2, -0.15) is 0 Å². The van der Waals surface area contributed by atoms with Crippen molar-refractivity contribution in [2.24, 2.45) is 23.2 Å². The Hall–Kier alpha value is -0.730. The second-order valence-corrected chi connectivity index (χ2v) is 6.85. The SMILES string of the molecule is COC(=O)N(C)C1C2CC3CC1CC(C)(C3)C2. The number of amides is 1. The van der Waals surface area contributed by atoms with Crippen LogP contribution in [-0.2, 0) is 4.74 Å². The summed E-state index contributed by atoms with van der Waals surface area (Å²) in [6, 6.07) is 0.437. The molecule has 2 atom stereocenters. The summed E-state index contributed by atoms with van der Waals surface area (Å²) in [5.41, 5.74) is 0.573. The first-order valence-corrected chi connectivity index (χ1v) is 6.83. The van der Waals surface area contributed by atoms with Gasteiger partial charge in [0.15, 0.2) is 0 Å². The molecule has 1 amide bonds. The van der Waals surface area contributed by atoms with Crippen LogP contribution in [0.5, 0.6) is 0 Å². The van der Waals surface area contributed by atoms with Gasteiger partial charge in [0.2, 0.25) is 0 Å². The molecule has 4 fully saturated rings. The third-order valence-electron chi connectivity index (χ3n) is 5.44. The Morgan fingerprint density at radius 1 is 1.24 bits per heavy atom. The zero-order valence-electron chi connectivity index (χ0n) is 11.1. The Labute approximate surface area is 104 Å². The minimum absolute atomic E-state index is 0.160. The van der Waals surface area contributed by atoms with Gasteiger partial charge in [-0.1, -0.05) is 6.92 Å². The van der Waals surface area contributed by atoms with Gasteiger partial charge in [-0.25, -0.2) is 4.79 Å². The lowest BCUT2D eigenvalue weighted by molar-refractivity contribution is -0.0938. The molecule has 4 rings (SSSR count). The lowest BCUT2D eigenvalue weighted by atomic mass is 9.48. The van der Waals surface area contributed by atoms with E-state index in [0.717, 1.165) is 17.8 Å². The van der Waals surface area contributed by atoms with E-state index in [1.807, 2.05) is 11.9 Å². The van der Waals surface area contributed by atoms with Crippen molar-refractivity contribution in [2.45, 2.75) is 45.1 Å². The lowest BCUT2D eigenvalue weighted by Crippen LogP contribution is -2.58. The van der Waals surface area contributed by atoms with Crippen LogP contribution in [0.25, 0.3) is 0 Å². The summed E-state index contributed by atoms with van der Waals surface area (Å²) in [6.45, 7) is 2.45. The van der Waals surface area contributed by atoms with E-state index in [1.165, 1.54) is 39.2 Å². The molecule has 4 aliphatic rings. The van der Waals surface area contributed by atoms with Gasteiger partial charge in [-0.05, 0) is 55.3 Å². The Kier molecular flexibility index (Phi) is 2.43. The molecule has 3 nitrogen and oxygen atoms in total. The molecule has 0 aromatic carbocycles. The van der Waals surface area contributed by atoms with Gasteiger partial charge in [-0.15, -0.1) is 0 Å². The fourth-order valence-electron chi connectivity index (χ4n) is 5.30. The average Bonchev–Trinajstić information content (AvgIpc) is 2.24. The largest absolute Gasteiger partial charge is 0.453 e. The average molecular weight is 237 g/mol. The van der Waals surface area contributed by atoms with Crippen LogP contribution in [0.3, 0.4) is 0 Å². The summed E-state index contributed by atoms with van der Waals surface area (Å²) in [5, 5.41) is 0. The second kappa shape index (κ2) is 3.63. The summed E-state index contributed by atoms with van der Waals surface area (Å²) >= 11 is 0. The molecule has 0 aromatic heterocycles. The Bertz CT molecular complexity index is 325. The molecule has 4 aliphatic carbocycles. The fourth-order valence-corrected chi connectivity index (χ4v) is 5.30. The number of ether oxygens (including phenoxy) is 1. The van der Waals surface area contributed by atoms with Gasteiger partial charge in [0.05, 0.1) is 7.11 Å². The molecule has 4 saturated carbocycles. The minimum atomic E-state index is -0.160. The first-order valence-electron chi connectivity index (χ1n) is 6.83. The number of rotatable bonds is 1. The number of hydrogen-bond donors (Lipinski definition) is 0. The quantitative estimate of drug-likeness (QED) is 0.702. The van der Waals surface area contributed by atoms with E-state index < -0.39 is 0 Å². The van der Waals surface area contributed by atoms with Crippen molar-refractivity contribution in [3.63, 3.8) is 0 Å². The first-order chi connectivity index (χ1) is 8.02. The molecule has 3 heteroatoms.